The monoisotopic (exact) mass is 586 g/mol. The van der Waals surface area contributed by atoms with Crippen molar-refractivity contribution >= 4 is 46.9 Å². The first-order chi connectivity index (χ1) is 19.4. The predicted molar refractivity (Wildman–Crippen MR) is 148 cm³/mol. The third kappa shape index (κ3) is 6.95. The number of rotatable bonds is 9. The standard InChI is InChI=1S/C27H30N4O9S/c1-27(2,3)40-25(35)17-6-4-5-7-18(17)28-12-20(33)29-21-23(34)30-22(19(32)14-41-24(21)30)26(36)39-13-15-8-10-16(11-9-15)31(37)38/h4-11,19,21-22,24,28,32H,12-14H2,1-3H3,(H,29,33)/t19?,21-,22?,24-/m1/s1. The van der Waals surface area contributed by atoms with Crippen molar-refractivity contribution in [3.63, 3.8) is 0 Å². The van der Waals surface area contributed by atoms with Crippen LogP contribution in [0.25, 0.3) is 0 Å². The lowest BCUT2D eigenvalue weighted by molar-refractivity contribution is -0.384. The van der Waals surface area contributed by atoms with E-state index in [9.17, 15) is 34.4 Å². The van der Waals surface area contributed by atoms with Crippen molar-refractivity contribution in [3.8, 4) is 0 Å². The van der Waals surface area contributed by atoms with Crippen LogP contribution in [0.5, 0.6) is 0 Å². The van der Waals surface area contributed by atoms with E-state index >= 15 is 0 Å². The quantitative estimate of drug-likeness (QED) is 0.169. The number of non-ortho nitro benzene ring substituents is 1. The van der Waals surface area contributed by atoms with E-state index in [-0.39, 0.29) is 30.2 Å². The molecule has 2 fully saturated rings. The number of benzene rings is 2. The lowest BCUT2D eigenvalue weighted by atomic mass is 9.99. The maximum absolute atomic E-state index is 13.0. The Morgan fingerprint density at radius 2 is 1.83 bits per heavy atom. The minimum absolute atomic E-state index is 0.107. The van der Waals surface area contributed by atoms with E-state index in [0.29, 0.717) is 11.3 Å². The number of carbonyl (C=O) groups is 4. The Labute approximate surface area is 239 Å². The number of nitro groups is 1. The largest absolute Gasteiger partial charge is 0.459 e. The number of hydrogen-bond donors (Lipinski definition) is 3. The fraction of sp³-hybridized carbons (Fsp3) is 0.407. The summed E-state index contributed by atoms with van der Waals surface area (Å²) in [5.74, 6) is -2.28. The van der Waals surface area contributed by atoms with Crippen molar-refractivity contribution in [1.82, 2.24) is 10.2 Å². The number of amides is 2. The fourth-order valence-corrected chi connectivity index (χ4v) is 5.69. The second kappa shape index (κ2) is 12.1. The van der Waals surface area contributed by atoms with E-state index in [0.717, 1.165) is 0 Å². The number of nitro benzene ring substituents is 1. The second-order valence-electron chi connectivity index (χ2n) is 10.5. The molecular formula is C27H30N4O9S. The average Bonchev–Trinajstić information content (AvgIpc) is 2.92. The van der Waals surface area contributed by atoms with Crippen molar-refractivity contribution in [3.05, 3.63) is 69.8 Å². The minimum atomic E-state index is -1.25. The topological polar surface area (TPSA) is 177 Å². The number of hydrogen-bond acceptors (Lipinski definition) is 11. The summed E-state index contributed by atoms with van der Waals surface area (Å²) in [4.78, 5) is 62.5. The van der Waals surface area contributed by atoms with Gasteiger partial charge in [0.25, 0.3) is 5.69 Å². The van der Waals surface area contributed by atoms with Gasteiger partial charge in [0, 0.05) is 23.6 Å². The third-order valence-electron chi connectivity index (χ3n) is 6.25. The molecule has 2 unspecified atom stereocenters. The molecule has 41 heavy (non-hydrogen) atoms. The predicted octanol–water partition coefficient (Wildman–Crippen LogP) is 1.83. The first-order valence-corrected chi connectivity index (χ1v) is 13.8. The summed E-state index contributed by atoms with van der Waals surface area (Å²) >= 11 is 1.23. The molecule has 0 aromatic heterocycles. The Balaban J connectivity index is 1.32. The molecule has 2 aliphatic rings. The van der Waals surface area contributed by atoms with Gasteiger partial charge in [0.15, 0.2) is 6.04 Å². The molecule has 0 aliphatic carbocycles. The molecular weight excluding hydrogens is 556 g/mol. The maximum atomic E-state index is 13.0. The SMILES string of the molecule is CC(C)(C)OC(=O)c1ccccc1NCC(=O)N[C@@H]1C(=O)N2C(C(=O)OCc3ccc([N+](=O)[O-])cc3)C(O)CS[C@H]12. The van der Waals surface area contributed by atoms with Gasteiger partial charge in [-0.2, -0.15) is 0 Å². The summed E-state index contributed by atoms with van der Waals surface area (Å²) in [5, 5.41) is 26.2. The molecule has 218 valence electrons. The summed E-state index contributed by atoms with van der Waals surface area (Å²) in [7, 11) is 0. The normalized spacial score (nSPS) is 21.7. The number of nitrogens with zero attached hydrogens (tertiary/aromatic N) is 2. The van der Waals surface area contributed by atoms with Gasteiger partial charge in [-0.15, -0.1) is 11.8 Å². The number of anilines is 1. The summed E-state index contributed by atoms with van der Waals surface area (Å²) in [6.45, 7) is 4.82. The zero-order chi connectivity index (χ0) is 29.9. The number of thioether (sulfide) groups is 1. The highest BCUT2D eigenvalue weighted by Gasteiger charge is 2.58. The highest BCUT2D eigenvalue weighted by Crippen LogP contribution is 2.38. The highest BCUT2D eigenvalue weighted by atomic mass is 32.2. The summed E-state index contributed by atoms with van der Waals surface area (Å²) in [6.07, 6.45) is -1.17. The molecule has 2 aromatic carbocycles. The fourth-order valence-electron chi connectivity index (χ4n) is 4.34. The molecule has 0 radical (unpaired) electrons. The third-order valence-corrected chi connectivity index (χ3v) is 7.63. The highest BCUT2D eigenvalue weighted by molar-refractivity contribution is 8.00. The number of nitrogens with one attached hydrogen (secondary N) is 2. The number of β-lactam (4-membered cyclic amide) rings is 1. The van der Waals surface area contributed by atoms with Crippen molar-refractivity contribution in [1.29, 1.82) is 0 Å². The van der Waals surface area contributed by atoms with Crippen LogP contribution in [0.4, 0.5) is 11.4 Å². The number of ether oxygens (including phenoxy) is 2. The Morgan fingerprint density at radius 3 is 2.49 bits per heavy atom. The molecule has 4 atom stereocenters. The number of aliphatic hydroxyl groups is 1. The van der Waals surface area contributed by atoms with Gasteiger partial charge >= 0.3 is 11.9 Å². The Hall–Kier alpha value is -4.17. The Morgan fingerprint density at radius 1 is 1.15 bits per heavy atom. The number of esters is 2. The number of carbonyl (C=O) groups excluding carboxylic acids is 4. The number of fused-ring (bicyclic) bond motifs is 1. The number of aliphatic hydroxyl groups excluding tert-OH is 1. The Bertz CT molecular complexity index is 1350. The van der Waals surface area contributed by atoms with Gasteiger partial charge in [-0.1, -0.05) is 12.1 Å². The lowest BCUT2D eigenvalue weighted by Crippen LogP contribution is -2.77. The number of para-hydroxylation sites is 1. The van der Waals surface area contributed by atoms with E-state index in [1.807, 2.05) is 0 Å². The van der Waals surface area contributed by atoms with Crippen LogP contribution in [0, 0.1) is 10.1 Å². The first kappa shape index (κ1) is 29.8. The molecule has 4 rings (SSSR count). The van der Waals surface area contributed by atoms with Crippen molar-refractivity contribution in [2.45, 2.75) is 56.5 Å². The van der Waals surface area contributed by atoms with E-state index in [2.05, 4.69) is 10.6 Å². The lowest BCUT2D eigenvalue weighted by Gasteiger charge is -2.53. The van der Waals surface area contributed by atoms with Gasteiger partial charge in [-0.3, -0.25) is 19.7 Å². The van der Waals surface area contributed by atoms with E-state index < -0.39 is 57.8 Å². The molecule has 2 heterocycles. The van der Waals surface area contributed by atoms with E-state index in [1.54, 1.807) is 45.0 Å². The van der Waals surface area contributed by atoms with E-state index in [4.69, 9.17) is 9.47 Å². The molecule has 0 saturated carbocycles. The maximum Gasteiger partial charge on any atom is 0.340 e. The van der Waals surface area contributed by atoms with Gasteiger partial charge in [0.2, 0.25) is 11.8 Å². The molecule has 2 aliphatic heterocycles. The molecule has 2 amide bonds. The molecule has 0 bridgehead atoms. The zero-order valence-corrected chi connectivity index (χ0v) is 23.4. The molecule has 13 nitrogen and oxygen atoms in total. The van der Waals surface area contributed by atoms with Gasteiger partial charge < -0.3 is 30.1 Å². The summed E-state index contributed by atoms with van der Waals surface area (Å²) < 4.78 is 10.7. The molecule has 0 spiro atoms. The summed E-state index contributed by atoms with van der Waals surface area (Å²) in [6, 6.07) is 9.88. The van der Waals surface area contributed by atoms with Crippen LogP contribution < -0.4 is 10.6 Å². The van der Waals surface area contributed by atoms with Crippen LogP contribution in [-0.2, 0) is 30.5 Å². The van der Waals surface area contributed by atoms with Crippen LogP contribution in [0.1, 0.15) is 36.7 Å². The van der Waals surface area contributed by atoms with Gasteiger partial charge in [0.1, 0.15) is 23.6 Å². The summed E-state index contributed by atoms with van der Waals surface area (Å²) in [5.41, 5.74) is 0.348. The van der Waals surface area contributed by atoms with Gasteiger partial charge in [0.05, 0.1) is 23.1 Å². The van der Waals surface area contributed by atoms with Gasteiger partial charge in [-0.05, 0) is 50.6 Å². The van der Waals surface area contributed by atoms with Crippen molar-refractivity contribution in [2.24, 2.45) is 0 Å². The second-order valence-corrected chi connectivity index (χ2v) is 11.6. The molecule has 2 saturated heterocycles. The van der Waals surface area contributed by atoms with Crippen LogP contribution in [0.15, 0.2) is 48.5 Å². The zero-order valence-electron chi connectivity index (χ0n) is 22.6. The van der Waals surface area contributed by atoms with Crippen LogP contribution >= 0.6 is 11.8 Å². The molecule has 2 aromatic rings. The van der Waals surface area contributed by atoms with Crippen LogP contribution in [0.3, 0.4) is 0 Å². The molecule has 3 N–H and O–H groups in total. The average molecular weight is 587 g/mol. The van der Waals surface area contributed by atoms with Crippen LogP contribution in [0.2, 0.25) is 0 Å². The van der Waals surface area contributed by atoms with Crippen molar-refractivity contribution < 1.29 is 38.7 Å². The van der Waals surface area contributed by atoms with Crippen LogP contribution in [-0.4, -0.2) is 80.1 Å². The van der Waals surface area contributed by atoms with Gasteiger partial charge in [-0.25, -0.2) is 9.59 Å². The first-order valence-electron chi connectivity index (χ1n) is 12.7. The van der Waals surface area contributed by atoms with E-state index in [1.165, 1.54) is 40.9 Å². The smallest absolute Gasteiger partial charge is 0.340 e. The Kier molecular flexibility index (Phi) is 8.83. The minimum Gasteiger partial charge on any atom is -0.459 e. The molecule has 14 heteroatoms. The van der Waals surface area contributed by atoms with Crippen molar-refractivity contribution in [2.75, 3.05) is 17.6 Å².